The van der Waals surface area contributed by atoms with Crippen LogP contribution in [0.4, 0.5) is 0 Å². The van der Waals surface area contributed by atoms with Crippen LogP contribution in [0.1, 0.15) is 23.1 Å². The third-order valence-corrected chi connectivity index (χ3v) is 8.42. The minimum Gasteiger partial charge on any atom is -0.347 e. The second kappa shape index (κ2) is 7.02. The average molecular weight is 415 g/mol. The molecule has 0 radical (unpaired) electrons. The molecule has 1 aromatic heterocycles. The fraction of sp³-hybridized carbons (Fsp3) is 0.360. The molecule has 1 saturated heterocycles. The number of ether oxygens (including phenoxy) is 2. The molecule has 2 heterocycles. The van der Waals surface area contributed by atoms with Gasteiger partial charge >= 0.3 is 0 Å². The predicted molar refractivity (Wildman–Crippen MR) is 122 cm³/mol. The van der Waals surface area contributed by atoms with Crippen LogP contribution in [0.3, 0.4) is 0 Å². The van der Waals surface area contributed by atoms with E-state index in [1.165, 1.54) is 10.8 Å². The van der Waals surface area contributed by atoms with Crippen molar-refractivity contribution in [2.45, 2.75) is 44.7 Å². The Labute approximate surface area is 178 Å². The Morgan fingerprint density at radius 2 is 1.77 bits per heavy atom. The highest BCUT2D eigenvalue weighted by molar-refractivity contribution is 6.91. The Kier molecular flexibility index (Phi) is 4.55. The van der Waals surface area contributed by atoms with Gasteiger partial charge in [-0.25, -0.2) is 0 Å². The van der Waals surface area contributed by atoms with Crippen molar-refractivity contribution in [3.05, 3.63) is 59.3 Å². The summed E-state index contributed by atoms with van der Waals surface area (Å²) < 4.78 is 12.2. The SMILES string of the molecule is C[Si](C)(C)c1c2c(c(C#N)c3nccc(-c4ccccc4)c13)CCC1(C2)OCCO1. The lowest BCUT2D eigenvalue weighted by Gasteiger charge is -2.37. The van der Waals surface area contributed by atoms with E-state index in [1.54, 1.807) is 0 Å². The fourth-order valence-electron chi connectivity index (χ4n) is 5.19. The van der Waals surface area contributed by atoms with E-state index in [9.17, 15) is 5.26 Å². The Hall–Kier alpha value is -2.52. The first-order valence-electron chi connectivity index (χ1n) is 10.6. The third-order valence-electron chi connectivity index (χ3n) is 6.37. The fourth-order valence-corrected chi connectivity index (χ4v) is 7.34. The van der Waals surface area contributed by atoms with Gasteiger partial charge in [-0.1, -0.05) is 50.0 Å². The molecule has 2 aromatic carbocycles. The lowest BCUT2D eigenvalue weighted by Crippen LogP contribution is -2.47. The van der Waals surface area contributed by atoms with E-state index in [0.29, 0.717) is 13.2 Å². The summed E-state index contributed by atoms with van der Waals surface area (Å²) in [5.74, 6) is -0.531. The van der Waals surface area contributed by atoms with Crippen LogP contribution in [-0.2, 0) is 22.3 Å². The molecule has 1 spiro atoms. The molecule has 30 heavy (non-hydrogen) atoms. The van der Waals surface area contributed by atoms with Gasteiger partial charge in [0.1, 0.15) is 6.07 Å². The highest BCUT2D eigenvalue weighted by Crippen LogP contribution is 2.40. The standard InChI is InChI=1S/C25H26N2O2Si/c1-30(2,3)24-20-15-25(28-13-14-29-25)11-9-19(20)21(16-26)23-22(24)18(10-12-27-23)17-7-5-4-6-8-17/h4-8,10,12H,9,11,13-15H2,1-3H3. The van der Waals surface area contributed by atoms with Gasteiger partial charge in [0.05, 0.1) is 32.4 Å². The van der Waals surface area contributed by atoms with E-state index in [1.807, 2.05) is 12.3 Å². The molecule has 0 saturated carbocycles. The van der Waals surface area contributed by atoms with Gasteiger partial charge in [-0.3, -0.25) is 4.98 Å². The van der Waals surface area contributed by atoms with Gasteiger partial charge in [-0.15, -0.1) is 0 Å². The molecule has 1 aliphatic carbocycles. The normalized spacial score (nSPS) is 17.8. The highest BCUT2D eigenvalue weighted by Gasteiger charge is 2.43. The van der Waals surface area contributed by atoms with Gasteiger partial charge < -0.3 is 9.47 Å². The molecule has 1 fully saturated rings. The van der Waals surface area contributed by atoms with Crippen molar-refractivity contribution in [2.24, 2.45) is 0 Å². The smallest absolute Gasteiger partial charge is 0.172 e. The average Bonchev–Trinajstić information content (AvgIpc) is 3.18. The molecule has 4 nitrogen and oxygen atoms in total. The maximum absolute atomic E-state index is 10.2. The molecule has 152 valence electrons. The van der Waals surface area contributed by atoms with Crippen molar-refractivity contribution >= 4 is 24.2 Å². The third kappa shape index (κ3) is 2.99. The van der Waals surface area contributed by atoms with E-state index in [-0.39, 0.29) is 0 Å². The molecule has 5 heteroatoms. The van der Waals surface area contributed by atoms with E-state index in [2.05, 4.69) is 56.0 Å². The second-order valence-corrected chi connectivity index (χ2v) is 14.3. The summed E-state index contributed by atoms with van der Waals surface area (Å²) >= 11 is 0. The summed E-state index contributed by atoms with van der Waals surface area (Å²) in [5, 5.41) is 12.7. The Bertz CT molecular complexity index is 1170. The topological polar surface area (TPSA) is 55.1 Å². The van der Waals surface area contributed by atoms with E-state index >= 15 is 0 Å². The molecule has 3 aromatic rings. The quantitative estimate of drug-likeness (QED) is 0.577. The zero-order chi connectivity index (χ0) is 20.9. The van der Waals surface area contributed by atoms with E-state index in [4.69, 9.17) is 14.5 Å². The summed E-state index contributed by atoms with van der Waals surface area (Å²) in [7, 11) is -1.81. The largest absolute Gasteiger partial charge is 0.347 e. The van der Waals surface area contributed by atoms with Gasteiger partial charge in [0.25, 0.3) is 0 Å². The van der Waals surface area contributed by atoms with Gasteiger partial charge in [0, 0.05) is 24.4 Å². The molecule has 1 aliphatic heterocycles. The first-order chi connectivity index (χ1) is 14.4. The molecular weight excluding hydrogens is 388 g/mol. The van der Waals surface area contributed by atoms with Crippen LogP contribution in [0.2, 0.25) is 19.6 Å². The Morgan fingerprint density at radius 1 is 1.03 bits per heavy atom. The van der Waals surface area contributed by atoms with Crippen LogP contribution in [0, 0.1) is 11.3 Å². The van der Waals surface area contributed by atoms with Gasteiger partial charge in [0.2, 0.25) is 0 Å². The number of hydrogen-bond acceptors (Lipinski definition) is 4. The molecule has 0 bridgehead atoms. The number of benzene rings is 2. The number of hydrogen-bond donors (Lipinski definition) is 0. The summed E-state index contributed by atoms with van der Waals surface area (Å²) in [4.78, 5) is 4.75. The first kappa shape index (κ1) is 19.4. The molecule has 2 aliphatic rings. The van der Waals surface area contributed by atoms with Crippen LogP contribution in [-0.4, -0.2) is 32.1 Å². The molecule has 5 rings (SSSR count). The van der Waals surface area contributed by atoms with E-state index < -0.39 is 13.9 Å². The number of nitriles is 1. The zero-order valence-corrected chi connectivity index (χ0v) is 18.8. The maximum Gasteiger partial charge on any atom is 0.172 e. The Morgan fingerprint density at radius 3 is 2.43 bits per heavy atom. The van der Waals surface area contributed by atoms with Crippen molar-refractivity contribution in [3.8, 4) is 17.2 Å². The van der Waals surface area contributed by atoms with Crippen molar-refractivity contribution in [1.82, 2.24) is 4.98 Å². The summed E-state index contributed by atoms with van der Waals surface area (Å²) in [6.45, 7) is 8.44. The van der Waals surface area contributed by atoms with Gasteiger partial charge in [-0.2, -0.15) is 5.26 Å². The van der Waals surface area contributed by atoms with Crippen molar-refractivity contribution in [2.75, 3.05) is 13.2 Å². The number of nitrogens with zero attached hydrogens (tertiary/aromatic N) is 2. The lowest BCUT2D eigenvalue weighted by molar-refractivity contribution is -0.163. The number of pyridine rings is 1. The summed E-state index contributed by atoms with van der Waals surface area (Å²) in [6, 6.07) is 15.0. The van der Waals surface area contributed by atoms with Crippen molar-refractivity contribution in [3.63, 3.8) is 0 Å². The van der Waals surface area contributed by atoms with E-state index in [0.717, 1.165) is 52.4 Å². The molecule has 0 N–H and O–H groups in total. The molecular formula is C25H26N2O2Si. The monoisotopic (exact) mass is 414 g/mol. The summed E-state index contributed by atoms with van der Waals surface area (Å²) in [6.07, 6.45) is 4.15. The summed E-state index contributed by atoms with van der Waals surface area (Å²) in [5.41, 5.74) is 6.32. The molecule has 0 amide bonds. The molecule has 0 unspecified atom stereocenters. The van der Waals surface area contributed by atoms with Crippen LogP contribution in [0.15, 0.2) is 42.6 Å². The zero-order valence-electron chi connectivity index (χ0n) is 17.8. The highest BCUT2D eigenvalue weighted by atomic mass is 28.3. The number of aromatic nitrogens is 1. The van der Waals surface area contributed by atoms with Crippen LogP contribution < -0.4 is 5.19 Å². The van der Waals surface area contributed by atoms with Crippen molar-refractivity contribution < 1.29 is 9.47 Å². The van der Waals surface area contributed by atoms with Gasteiger partial charge in [-0.05, 0) is 39.9 Å². The van der Waals surface area contributed by atoms with Crippen LogP contribution in [0.5, 0.6) is 0 Å². The Balaban J connectivity index is 1.90. The van der Waals surface area contributed by atoms with Crippen LogP contribution in [0.25, 0.3) is 22.0 Å². The second-order valence-electron chi connectivity index (χ2n) is 9.30. The number of rotatable bonds is 2. The lowest BCUT2D eigenvalue weighted by atomic mass is 9.82. The number of fused-ring (bicyclic) bond motifs is 2. The van der Waals surface area contributed by atoms with Crippen molar-refractivity contribution in [1.29, 1.82) is 5.26 Å². The van der Waals surface area contributed by atoms with Gasteiger partial charge in [0.15, 0.2) is 5.79 Å². The first-order valence-corrected chi connectivity index (χ1v) is 14.1. The minimum atomic E-state index is -1.81. The minimum absolute atomic E-state index is 0.531. The predicted octanol–water partition coefficient (Wildman–Crippen LogP) is 4.55. The maximum atomic E-state index is 10.2. The van der Waals surface area contributed by atoms with Crippen LogP contribution >= 0.6 is 0 Å². The molecule has 0 atom stereocenters.